The molecule has 2 amide bonds. The lowest BCUT2D eigenvalue weighted by Crippen LogP contribution is -2.29. The summed E-state index contributed by atoms with van der Waals surface area (Å²) in [6.07, 6.45) is 2.94. The van der Waals surface area contributed by atoms with Gasteiger partial charge in [-0.25, -0.2) is 9.97 Å². The van der Waals surface area contributed by atoms with Crippen molar-refractivity contribution in [3.63, 3.8) is 0 Å². The number of nitrogens with one attached hydrogen (secondary N) is 3. The lowest BCUT2D eigenvalue weighted by atomic mass is 10.2. The predicted octanol–water partition coefficient (Wildman–Crippen LogP) is 2.80. The fraction of sp³-hybridized carbons (Fsp3) is 0. The molecule has 3 aromatic rings. The van der Waals surface area contributed by atoms with Crippen molar-refractivity contribution in [1.82, 2.24) is 9.97 Å². The van der Waals surface area contributed by atoms with Crippen LogP contribution in [0.15, 0.2) is 73.1 Å². The van der Waals surface area contributed by atoms with Gasteiger partial charge < -0.3 is 10.6 Å². The minimum absolute atomic E-state index is 0.0741. The Bertz CT molecular complexity index is 852. The summed E-state index contributed by atoms with van der Waals surface area (Å²) in [6, 6.07) is 18.3. The number of carbonyl (C=O) groups is 2. The number of carbonyl (C=O) groups excluding carboxylic acids is 2. The van der Waals surface area contributed by atoms with Crippen molar-refractivity contribution >= 4 is 34.8 Å². The van der Waals surface area contributed by atoms with E-state index in [9.17, 15) is 9.59 Å². The van der Waals surface area contributed by atoms with Gasteiger partial charge in [-0.05, 0) is 42.5 Å². The van der Waals surface area contributed by atoms with Gasteiger partial charge in [-0.3, -0.25) is 14.9 Å². The van der Waals surface area contributed by atoms with Crippen LogP contribution in [-0.2, 0) is 9.59 Å². The van der Waals surface area contributed by atoms with Gasteiger partial charge in [0.2, 0.25) is 5.95 Å². The van der Waals surface area contributed by atoms with Crippen LogP contribution in [0.3, 0.4) is 0 Å². The molecule has 0 aliphatic rings. The van der Waals surface area contributed by atoms with Crippen LogP contribution in [-0.4, -0.2) is 21.8 Å². The first-order valence-electron chi connectivity index (χ1n) is 7.52. The van der Waals surface area contributed by atoms with E-state index in [2.05, 4.69) is 25.9 Å². The molecule has 2 aromatic carbocycles. The van der Waals surface area contributed by atoms with Gasteiger partial charge in [0.25, 0.3) is 0 Å². The first-order valence-corrected chi connectivity index (χ1v) is 7.52. The van der Waals surface area contributed by atoms with Gasteiger partial charge in [0.1, 0.15) is 0 Å². The molecule has 3 rings (SSSR count). The number of aromatic nitrogens is 2. The van der Waals surface area contributed by atoms with Gasteiger partial charge in [-0.1, -0.05) is 18.2 Å². The smallest absolute Gasteiger partial charge is 0.316 e. The van der Waals surface area contributed by atoms with Gasteiger partial charge in [0.15, 0.2) is 0 Å². The number of rotatable bonds is 4. The molecular formula is C18H15N5O2. The molecule has 124 valence electrons. The Balaban J connectivity index is 1.57. The van der Waals surface area contributed by atoms with Crippen molar-refractivity contribution in [3.8, 4) is 0 Å². The van der Waals surface area contributed by atoms with Crippen LogP contribution in [0.5, 0.6) is 0 Å². The molecule has 0 saturated carbocycles. The van der Waals surface area contributed by atoms with Crippen LogP contribution in [0, 0.1) is 0 Å². The minimum Gasteiger partial charge on any atom is -0.356 e. The molecule has 1 aromatic heterocycles. The van der Waals surface area contributed by atoms with Crippen LogP contribution in [0.25, 0.3) is 0 Å². The van der Waals surface area contributed by atoms with Gasteiger partial charge in [0, 0.05) is 29.5 Å². The van der Waals surface area contributed by atoms with Crippen LogP contribution in [0.2, 0.25) is 0 Å². The summed E-state index contributed by atoms with van der Waals surface area (Å²) < 4.78 is 0. The van der Waals surface area contributed by atoms with Crippen LogP contribution in [0.4, 0.5) is 23.0 Å². The zero-order chi connectivity index (χ0) is 17.5. The number of benzene rings is 2. The molecule has 0 fully saturated rings. The van der Waals surface area contributed by atoms with Crippen LogP contribution < -0.4 is 16.0 Å². The molecule has 0 spiro atoms. The average Bonchev–Trinajstić information content (AvgIpc) is 2.65. The Morgan fingerprint density at radius 2 is 1.20 bits per heavy atom. The molecule has 0 radical (unpaired) electrons. The third kappa shape index (κ3) is 4.61. The second-order valence-corrected chi connectivity index (χ2v) is 5.05. The number of hydrogen-bond acceptors (Lipinski definition) is 5. The highest BCUT2D eigenvalue weighted by molar-refractivity contribution is 6.43. The molecular weight excluding hydrogens is 318 g/mol. The Hall–Kier alpha value is -3.74. The standard InChI is InChI=1S/C18H15N5O2/c24-16(17(25)23-18-19-11-4-12-20-18)22-15-9-7-14(8-10-15)21-13-5-2-1-3-6-13/h1-12,21H,(H,22,24)(H,19,20,23,25). The summed E-state index contributed by atoms with van der Waals surface area (Å²) in [6.45, 7) is 0. The predicted molar refractivity (Wildman–Crippen MR) is 95.5 cm³/mol. The molecule has 7 heteroatoms. The lowest BCUT2D eigenvalue weighted by molar-refractivity contribution is -0.133. The van der Waals surface area contributed by atoms with E-state index in [-0.39, 0.29) is 5.95 Å². The maximum Gasteiger partial charge on any atom is 0.316 e. The van der Waals surface area contributed by atoms with Crippen LogP contribution in [0.1, 0.15) is 0 Å². The highest BCUT2D eigenvalue weighted by Gasteiger charge is 2.14. The molecule has 25 heavy (non-hydrogen) atoms. The number of anilines is 4. The number of nitrogens with zero attached hydrogens (tertiary/aromatic N) is 2. The Kier molecular flexibility index (Phi) is 4.96. The van der Waals surface area contributed by atoms with Crippen molar-refractivity contribution in [3.05, 3.63) is 73.1 Å². The van der Waals surface area contributed by atoms with Gasteiger partial charge in [-0.2, -0.15) is 0 Å². The van der Waals surface area contributed by atoms with Gasteiger partial charge in [-0.15, -0.1) is 0 Å². The molecule has 0 aliphatic heterocycles. The summed E-state index contributed by atoms with van der Waals surface area (Å²) in [7, 11) is 0. The SMILES string of the molecule is O=C(Nc1ccc(Nc2ccccc2)cc1)C(=O)Nc1ncccn1. The molecule has 0 saturated heterocycles. The monoisotopic (exact) mass is 333 g/mol. The summed E-state index contributed by atoms with van der Waals surface area (Å²) in [5.74, 6) is -1.56. The van der Waals surface area contributed by atoms with Crippen molar-refractivity contribution in [2.24, 2.45) is 0 Å². The van der Waals surface area contributed by atoms with E-state index in [1.54, 1.807) is 30.3 Å². The van der Waals surface area contributed by atoms with E-state index in [1.165, 1.54) is 12.4 Å². The Morgan fingerprint density at radius 1 is 0.640 bits per heavy atom. The Labute approximate surface area is 144 Å². The van der Waals surface area contributed by atoms with E-state index in [0.717, 1.165) is 11.4 Å². The normalized spacial score (nSPS) is 9.92. The quantitative estimate of drug-likeness (QED) is 0.638. The van der Waals surface area contributed by atoms with Crippen molar-refractivity contribution < 1.29 is 9.59 Å². The lowest BCUT2D eigenvalue weighted by Gasteiger charge is -2.08. The fourth-order valence-electron chi connectivity index (χ4n) is 2.03. The summed E-state index contributed by atoms with van der Waals surface area (Å²) >= 11 is 0. The van der Waals surface area contributed by atoms with E-state index >= 15 is 0 Å². The second kappa shape index (κ2) is 7.69. The second-order valence-electron chi connectivity index (χ2n) is 5.05. The van der Waals surface area contributed by atoms with Crippen LogP contribution >= 0.6 is 0 Å². The molecule has 1 heterocycles. The molecule has 0 aliphatic carbocycles. The molecule has 0 atom stereocenters. The molecule has 7 nitrogen and oxygen atoms in total. The van der Waals surface area contributed by atoms with Crippen molar-refractivity contribution in [2.75, 3.05) is 16.0 Å². The Morgan fingerprint density at radius 3 is 1.88 bits per heavy atom. The summed E-state index contributed by atoms with van der Waals surface area (Å²) in [4.78, 5) is 31.4. The first-order chi connectivity index (χ1) is 12.2. The topological polar surface area (TPSA) is 96.0 Å². The minimum atomic E-state index is -0.835. The molecule has 3 N–H and O–H groups in total. The van der Waals surface area contributed by atoms with E-state index < -0.39 is 11.8 Å². The van der Waals surface area contributed by atoms with Crippen molar-refractivity contribution in [2.45, 2.75) is 0 Å². The van der Waals surface area contributed by atoms with E-state index in [4.69, 9.17) is 0 Å². The zero-order valence-electron chi connectivity index (χ0n) is 13.1. The summed E-state index contributed by atoms with van der Waals surface area (Å²) in [5.41, 5.74) is 2.33. The first kappa shape index (κ1) is 16.1. The van der Waals surface area contributed by atoms with E-state index in [1.807, 2.05) is 30.3 Å². The third-order valence-corrected chi connectivity index (χ3v) is 3.20. The zero-order valence-corrected chi connectivity index (χ0v) is 13.1. The fourth-order valence-corrected chi connectivity index (χ4v) is 2.03. The number of amides is 2. The van der Waals surface area contributed by atoms with Gasteiger partial charge >= 0.3 is 11.8 Å². The highest BCUT2D eigenvalue weighted by atomic mass is 16.2. The largest absolute Gasteiger partial charge is 0.356 e. The van der Waals surface area contributed by atoms with Gasteiger partial charge in [0.05, 0.1) is 0 Å². The number of para-hydroxylation sites is 1. The van der Waals surface area contributed by atoms with E-state index in [0.29, 0.717) is 5.69 Å². The molecule has 0 bridgehead atoms. The third-order valence-electron chi connectivity index (χ3n) is 3.20. The average molecular weight is 333 g/mol. The maximum absolute atomic E-state index is 11.9. The number of hydrogen-bond donors (Lipinski definition) is 3. The maximum atomic E-state index is 11.9. The van der Waals surface area contributed by atoms with Crippen molar-refractivity contribution in [1.29, 1.82) is 0 Å². The highest BCUT2D eigenvalue weighted by Crippen LogP contribution is 2.18. The summed E-state index contributed by atoms with van der Waals surface area (Å²) in [5, 5.41) is 8.07. The molecule has 0 unspecified atom stereocenters.